The van der Waals surface area contributed by atoms with Gasteiger partial charge in [-0.25, -0.2) is 0 Å². The van der Waals surface area contributed by atoms with Crippen LogP contribution in [-0.4, -0.2) is 34.0 Å². The van der Waals surface area contributed by atoms with Gasteiger partial charge in [0.2, 0.25) is 0 Å². The van der Waals surface area contributed by atoms with Crippen molar-refractivity contribution in [1.82, 2.24) is 0 Å². The Morgan fingerprint density at radius 2 is 1.53 bits per heavy atom. The van der Waals surface area contributed by atoms with Crippen molar-refractivity contribution < 1.29 is 36.7 Å². The monoisotopic (exact) mass is 291 g/mol. The maximum absolute atomic E-state index is 12.8. The van der Waals surface area contributed by atoms with E-state index >= 15 is 0 Å². The largest absolute Gasteiger partial charge is 0.426 e. The average Bonchev–Trinajstić information content (AvgIpc) is 2.83. The minimum absolute atomic E-state index is 0.0819. The van der Waals surface area contributed by atoms with Crippen LogP contribution in [0, 0.1) is 17.8 Å². The highest BCUT2D eigenvalue weighted by Crippen LogP contribution is 2.58. The van der Waals surface area contributed by atoms with E-state index in [2.05, 4.69) is 5.16 Å². The zero-order chi connectivity index (χ0) is 14.6. The standard InChI is InChI=1S/C10H11F6NO2/c11-9(12,13)8(18,10(14,15)16)6-4-1-2-5(3-4)7(6)17-19/h4-6,18-19H,1-3H2/b17-7-. The molecule has 0 aromatic rings. The second kappa shape index (κ2) is 4.00. The van der Waals surface area contributed by atoms with Gasteiger partial charge in [0.05, 0.1) is 11.6 Å². The molecule has 2 aliphatic carbocycles. The van der Waals surface area contributed by atoms with Gasteiger partial charge in [0.25, 0.3) is 5.60 Å². The Kier molecular flexibility index (Phi) is 3.04. The number of nitrogens with zero attached hydrogens (tertiary/aromatic N) is 1. The van der Waals surface area contributed by atoms with E-state index in [1.54, 1.807) is 0 Å². The summed E-state index contributed by atoms with van der Waals surface area (Å²) in [5.41, 5.74) is -5.45. The maximum Gasteiger partial charge on any atom is 0.426 e. The van der Waals surface area contributed by atoms with Crippen LogP contribution in [0.3, 0.4) is 0 Å². The van der Waals surface area contributed by atoms with Gasteiger partial charge in [0.15, 0.2) is 0 Å². The SMILES string of the molecule is O/N=C1/C2CCC(C2)C1C(O)(C(F)(F)F)C(F)(F)F. The summed E-state index contributed by atoms with van der Waals surface area (Å²) in [6.45, 7) is 0. The van der Waals surface area contributed by atoms with Crippen LogP contribution >= 0.6 is 0 Å². The molecule has 2 bridgehead atoms. The topological polar surface area (TPSA) is 52.8 Å². The Balaban J connectivity index is 2.52. The molecule has 19 heavy (non-hydrogen) atoms. The van der Waals surface area contributed by atoms with Crippen LogP contribution in [0.5, 0.6) is 0 Å². The first kappa shape index (κ1) is 14.4. The first-order chi connectivity index (χ1) is 8.54. The third-order valence-corrected chi connectivity index (χ3v) is 4.11. The zero-order valence-electron chi connectivity index (χ0n) is 9.46. The molecule has 9 heteroatoms. The summed E-state index contributed by atoms with van der Waals surface area (Å²) in [6, 6.07) is 0. The number of rotatable bonds is 1. The molecule has 2 fully saturated rings. The van der Waals surface area contributed by atoms with Gasteiger partial charge in [-0.1, -0.05) is 5.16 Å². The summed E-state index contributed by atoms with van der Waals surface area (Å²) in [6.07, 6.45) is -11.1. The molecule has 0 aromatic heterocycles. The van der Waals surface area contributed by atoms with Crippen molar-refractivity contribution in [2.75, 3.05) is 0 Å². The van der Waals surface area contributed by atoms with Crippen LogP contribution in [0.15, 0.2) is 5.16 Å². The molecular weight excluding hydrogens is 280 g/mol. The van der Waals surface area contributed by atoms with Gasteiger partial charge in [-0.3, -0.25) is 0 Å². The van der Waals surface area contributed by atoms with Gasteiger partial charge < -0.3 is 10.3 Å². The van der Waals surface area contributed by atoms with Gasteiger partial charge in [-0.05, 0) is 25.2 Å². The molecule has 3 unspecified atom stereocenters. The van der Waals surface area contributed by atoms with E-state index in [1.807, 2.05) is 0 Å². The minimum Gasteiger partial charge on any atom is -0.411 e. The Morgan fingerprint density at radius 1 is 1.00 bits per heavy atom. The van der Waals surface area contributed by atoms with Crippen molar-refractivity contribution in [3.8, 4) is 0 Å². The van der Waals surface area contributed by atoms with Crippen LogP contribution in [0.1, 0.15) is 19.3 Å². The summed E-state index contributed by atoms with van der Waals surface area (Å²) in [7, 11) is 0. The minimum atomic E-state index is -5.88. The number of alkyl halides is 6. The maximum atomic E-state index is 12.8. The highest BCUT2D eigenvalue weighted by atomic mass is 19.4. The van der Waals surface area contributed by atoms with E-state index in [0.717, 1.165) is 0 Å². The molecule has 110 valence electrons. The summed E-state index contributed by atoms with van der Waals surface area (Å²) in [5.74, 6) is -3.84. The van der Waals surface area contributed by atoms with Crippen LogP contribution in [0.4, 0.5) is 26.3 Å². The van der Waals surface area contributed by atoms with Crippen molar-refractivity contribution in [1.29, 1.82) is 0 Å². The Hall–Kier alpha value is -0.990. The van der Waals surface area contributed by atoms with E-state index in [1.165, 1.54) is 0 Å². The summed E-state index contributed by atoms with van der Waals surface area (Å²) in [4.78, 5) is 0. The Bertz CT molecular complexity index is 388. The fraction of sp³-hybridized carbons (Fsp3) is 0.900. The molecule has 0 saturated heterocycles. The number of fused-ring (bicyclic) bond motifs is 2. The van der Waals surface area contributed by atoms with E-state index in [9.17, 15) is 31.4 Å². The third kappa shape index (κ3) is 1.81. The van der Waals surface area contributed by atoms with Crippen LogP contribution in [-0.2, 0) is 0 Å². The molecule has 3 atom stereocenters. The van der Waals surface area contributed by atoms with E-state index in [0.29, 0.717) is 6.42 Å². The summed E-state index contributed by atoms with van der Waals surface area (Å²) >= 11 is 0. The van der Waals surface area contributed by atoms with Crippen molar-refractivity contribution in [2.24, 2.45) is 22.9 Å². The Labute approximate surface area is 103 Å². The molecule has 2 saturated carbocycles. The molecule has 3 nitrogen and oxygen atoms in total. The second-order valence-corrected chi connectivity index (χ2v) is 5.03. The third-order valence-electron chi connectivity index (χ3n) is 4.11. The number of hydrogen-bond donors (Lipinski definition) is 2. The molecule has 0 aromatic carbocycles. The lowest BCUT2D eigenvalue weighted by Gasteiger charge is -2.40. The second-order valence-electron chi connectivity index (χ2n) is 5.03. The lowest BCUT2D eigenvalue weighted by atomic mass is 9.74. The van der Waals surface area contributed by atoms with Gasteiger partial charge in [0, 0.05) is 5.92 Å². The average molecular weight is 291 g/mol. The lowest BCUT2D eigenvalue weighted by molar-refractivity contribution is -0.381. The quantitative estimate of drug-likeness (QED) is 0.443. The molecule has 2 aliphatic rings. The van der Waals surface area contributed by atoms with Crippen molar-refractivity contribution >= 4 is 5.71 Å². The highest BCUT2D eigenvalue weighted by molar-refractivity contribution is 5.93. The molecule has 2 rings (SSSR count). The number of oxime groups is 1. The molecule has 0 heterocycles. The van der Waals surface area contributed by atoms with Crippen molar-refractivity contribution in [3.05, 3.63) is 0 Å². The molecule has 0 spiro atoms. The predicted octanol–water partition coefficient (Wildman–Crippen LogP) is 2.72. The summed E-state index contributed by atoms with van der Waals surface area (Å²) in [5, 5.41) is 20.7. The van der Waals surface area contributed by atoms with E-state index < -0.39 is 41.4 Å². The summed E-state index contributed by atoms with van der Waals surface area (Å²) < 4.78 is 76.7. The van der Waals surface area contributed by atoms with Crippen LogP contribution < -0.4 is 0 Å². The smallest absolute Gasteiger partial charge is 0.411 e. The first-order valence-corrected chi connectivity index (χ1v) is 5.61. The van der Waals surface area contributed by atoms with Gasteiger partial charge in [0.1, 0.15) is 0 Å². The molecule has 0 aliphatic heterocycles. The number of hydrogen-bond acceptors (Lipinski definition) is 3. The van der Waals surface area contributed by atoms with Crippen molar-refractivity contribution in [3.63, 3.8) is 0 Å². The number of aliphatic hydroxyl groups is 1. The fourth-order valence-corrected chi connectivity index (χ4v) is 3.30. The zero-order valence-corrected chi connectivity index (χ0v) is 9.46. The highest BCUT2D eigenvalue weighted by Gasteiger charge is 2.77. The normalized spacial score (nSPS) is 34.3. The van der Waals surface area contributed by atoms with Gasteiger partial charge in [-0.2, -0.15) is 26.3 Å². The Morgan fingerprint density at radius 3 is 1.95 bits per heavy atom. The molecule has 0 radical (unpaired) electrons. The predicted molar refractivity (Wildman–Crippen MR) is 50.6 cm³/mol. The van der Waals surface area contributed by atoms with Crippen LogP contribution in [0.2, 0.25) is 0 Å². The fourth-order valence-electron chi connectivity index (χ4n) is 3.30. The number of halogens is 6. The van der Waals surface area contributed by atoms with E-state index in [4.69, 9.17) is 5.21 Å². The van der Waals surface area contributed by atoms with E-state index in [-0.39, 0.29) is 12.8 Å². The lowest BCUT2D eigenvalue weighted by Crippen LogP contribution is -2.64. The molecule has 2 N–H and O–H groups in total. The van der Waals surface area contributed by atoms with Crippen molar-refractivity contribution in [2.45, 2.75) is 37.2 Å². The first-order valence-electron chi connectivity index (χ1n) is 5.61. The molecule has 0 amide bonds. The molecular formula is C10H11F6NO2. The van der Waals surface area contributed by atoms with Crippen LogP contribution in [0.25, 0.3) is 0 Å². The van der Waals surface area contributed by atoms with Gasteiger partial charge in [-0.15, -0.1) is 0 Å². The van der Waals surface area contributed by atoms with Gasteiger partial charge >= 0.3 is 12.4 Å².